The maximum Gasteiger partial charge on any atom is 0.345 e. The SMILES string of the molecule is CC(C)Cc1ccc(S(=O)(=O)N(C)C2CCc3nn(CC4CC4)c(=O)n3CC2)cc1. The van der Waals surface area contributed by atoms with Gasteiger partial charge in [-0.25, -0.2) is 17.9 Å². The molecule has 1 aliphatic carbocycles. The summed E-state index contributed by atoms with van der Waals surface area (Å²) in [7, 11) is -1.92. The number of aromatic nitrogens is 3. The van der Waals surface area contributed by atoms with Crippen molar-refractivity contribution >= 4 is 10.0 Å². The lowest BCUT2D eigenvalue weighted by Crippen LogP contribution is -2.37. The zero-order chi connectivity index (χ0) is 21.5. The van der Waals surface area contributed by atoms with E-state index in [-0.39, 0.29) is 11.7 Å². The second kappa shape index (κ2) is 8.30. The first-order valence-corrected chi connectivity index (χ1v) is 12.4. The zero-order valence-corrected chi connectivity index (χ0v) is 18.9. The van der Waals surface area contributed by atoms with Crippen LogP contribution in [0.25, 0.3) is 0 Å². The van der Waals surface area contributed by atoms with Gasteiger partial charge in [0.05, 0.1) is 4.90 Å². The molecule has 0 N–H and O–H groups in total. The first kappa shape index (κ1) is 21.3. The summed E-state index contributed by atoms with van der Waals surface area (Å²) in [5.74, 6) is 1.91. The fraction of sp³-hybridized carbons (Fsp3) is 0.636. The van der Waals surface area contributed by atoms with Gasteiger partial charge in [0.25, 0.3) is 0 Å². The van der Waals surface area contributed by atoms with Gasteiger partial charge >= 0.3 is 5.69 Å². The highest BCUT2D eigenvalue weighted by molar-refractivity contribution is 7.89. The number of rotatable bonds is 7. The van der Waals surface area contributed by atoms with Crippen molar-refractivity contribution in [1.82, 2.24) is 18.7 Å². The molecule has 1 aromatic carbocycles. The van der Waals surface area contributed by atoms with Crippen molar-refractivity contribution in [1.29, 1.82) is 0 Å². The predicted octanol–water partition coefficient (Wildman–Crippen LogP) is 2.68. The largest absolute Gasteiger partial charge is 0.345 e. The summed E-state index contributed by atoms with van der Waals surface area (Å²) < 4.78 is 31.2. The van der Waals surface area contributed by atoms with Crippen molar-refractivity contribution in [3.63, 3.8) is 0 Å². The minimum absolute atomic E-state index is 0.0520. The minimum Gasteiger partial charge on any atom is -0.279 e. The molecule has 8 heteroatoms. The van der Waals surface area contributed by atoms with Crippen molar-refractivity contribution in [3.8, 4) is 0 Å². The highest BCUT2D eigenvalue weighted by Crippen LogP contribution is 2.30. The van der Waals surface area contributed by atoms with Gasteiger partial charge in [0.1, 0.15) is 5.82 Å². The molecule has 4 rings (SSSR count). The Morgan fingerprint density at radius 3 is 2.47 bits per heavy atom. The van der Waals surface area contributed by atoms with Gasteiger partial charge in [0.2, 0.25) is 10.0 Å². The third kappa shape index (κ3) is 4.39. The monoisotopic (exact) mass is 432 g/mol. The molecule has 1 atom stereocenters. The zero-order valence-electron chi connectivity index (χ0n) is 18.1. The number of fused-ring (bicyclic) bond motifs is 1. The van der Waals surface area contributed by atoms with Crippen LogP contribution in [0.3, 0.4) is 0 Å². The average molecular weight is 433 g/mol. The molecule has 1 unspecified atom stereocenters. The summed E-state index contributed by atoms with van der Waals surface area (Å²) in [5.41, 5.74) is 1.10. The lowest BCUT2D eigenvalue weighted by molar-refractivity contribution is 0.328. The smallest absolute Gasteiger partial charge is 0.279 e. The Kier molecular flexibility index (Phi) is 5.90. The van der Waals surface area contributed by atoms with E-state index in [4.69, 9.17) is 0 Å². The molecular weight excluding hydrogens is 400 g/mol. The average Bonchev–Trinajstić information content (AvgIpc) is 3.49. The topological polar surface area (TPSA) is 77.2 Å². The molecule has 2 aromatic rings. The summed E-state index contributed by atoms with van der Waals surface area (Å²) in [6.45, 7) is 5.52. The quantitative estimate of drug-likeness (QED) is 0.674. The predicted molar refractivity (Wildman–Crippen MR) is 116 cm³/mol. The number of benzene rings is 1. The maximum absolute atomic E-state index is 13.2. The molecule has 1 aliphatic heterocycles. The van der Waals surface area contributed by atoms with E-state index in [2.05, 4.69) is 18.9 Å². The first-order chi connectivity index (χ1) is 14.3. The normalized spacial score (nSPS) is 19.8. The Morgan fingerprint density at radius 1 is 1.13 bits per heavy atom. The van der Waals surface area contributed by atoms with E-state index in [0.29, 0.717) is 49.1 Å². The summed E-state index contributed by atoms with van der Waals surface area (Å²) in [4.78, 5) is 13.0. The second-order valence-electron chi connectivity index (χ2n) is 9.22. The van der Waals surface area contributed by atoms with Gasteiger partial charge in [-0.05, 0) is 61.6 Å². The van der Waals surface area contributed by atoms with Crippen LogP contribution in [0, 0.1) is 11.8 Å². The Hall–Kier alpha value is -1.93. The molecule has 7 nitrogen and oxygen atoms in total. The van der Waals surface area contributed by atoms with Crippen LogP contribution in [0.4, 0.5) is 0 Å². The third-order valence-corrected chi connectivity index (χ3v) is 8.20. The number of hydrogen-bond acceptors (Lipinski definition) is 4. The maximum atomic E-state index is 13.2. The molecule has 2 aliphatic rings. The Balaban J connectivity index is 1.46. The van der Waals surface area contributed by atoms with Crippen molar-refractivity contribution in [3.05, 3.63) is 46.1 Å². The number of nitrogens with zero attached hydrogens (tertiary/aromatic N) is 4. The Morgan fingerprint density at radius 2 is 1.83 bits per heavy atom. The molecule has 30 heavy (non-hydrogen) atoms. The van der Waals surface area contributed by atoms with Gasteiger partial charge in [-0.1, -0.05) is 26.0 Å². The van der Waals surface area contributed by atoms with Gasteiger partial charge in [-0.15, -0.1) is 0 Å². The molecule has 0 amide bonds. The molecule has 0 saturated heterocycles. The van der Waals surface area contributed by atoms with E-state index in [1.807, 2.05) is 12.1 Å². The molecular formula is C22H32N4O3S. The molecule has 164 valence electrons. The summed E-state index contributed by atoms with van der Waals surface area (Å²) >= 11 is 0. The van der Waals surface area contributed by atoms with Gasteiger partial charge in [0.15, 0.2) is 0 Å². The number of aryl methyl sites for hydroxylation is 1. The molecule has 1 fully saturated rings. The van der Waals surface area contributed by atoms with Gasteiger partial charge < -0.3 is 0 Å². The van der Waals surface area contributed by atoms with E-state index in [9.17, 15) is 13.2 Å². The Labute approximate surface area is 178 Å². The van der Waals surface area contributed by atoms with Gasteiger partial charge in [0, 0.05) is 32.6 Å². The van der Waals surface area contributed by atoms with E-state index >= 15 is 0 Å². The number of sulfonamides is 1. The molecule has 1 aromatic heterocycles. The first-order valence-electron chi connectivity index (χ1n) is 11.0. The molecule has 0 radical (unpaired) electrons. The molecule has 2 heterocycles. The summed E-state index contributed by atoms with van der Waals surface area (Å²) in [5, 5.41) is 4.54. The number of hydrogen-bond donors (Lipinski definition) is 0. The molecule has 1 saturated carbocycles. The van der Waals surface area contributed by atoms with E-state index in [1.54, 1.807) is 28.4 Å². The fourth-order valence-electron chi connectivity index (χ4n) is 4.27. The van der Waals surface area contributed by atoms with Crippen molar-refractivity contribution in [2.24, 2.45) is 11.8 Å². The van der Waals surface area contributed by atoms with Crippen LogP contribution in [-0.4, -0.2) is 40.2 Å². The minimum atomic E-state index is -3.58. The summed E-state index contributed by atoms with van der Waals surface area (Å²) in [6, 6.07) is 7.09. The van der Waals surface area contributed by atoms with Crippen molar-refractivity contribution in [2.75, 3.05) is 7.05 Å². The summed E-state index contributed by atoms with van der Waals surface area (Å²) in [6.07, 6.45) is 5.19. The van der Waals surface area contributed by atoms with Crippen molar-refractivity contribution in [2.45, 2.75) is 76.4 Å². The van der Waals surface area contributed by atoms with Crippen LogP contribution >= 0.6 is 0 Å². The van der Waals surface area contributed by atoms with Crippen molar-refractivity contribution < 1.29 is 8.42 Å². The second-order valence-corrected chi connectivity index (χ2v) is 11.2. The van der Waals surface area contributed by atoms with Gasteiger partial charge in [-0.2, -0.15) is 9.40 Å². The van der Waals surface area contributed by atoms with Crippen LogP contribution in [0.15, 0.2) is 34.0 Å². The lowest BCUT2D eigenvalue weighted by atomic mass is 10.0. The van der Waals surface area contributed by atoms with Crippen LogP contribution < -0.4 is 5.69 Å². The molecule has 0 spiro atoms. The highest BCUT2D eigenvalue weighted by atomic mass is 32.2. The van der Waals surface area contributed by atoms with Crippen LogP contribution in [0.1, 0.15) is 50.9 Å². The van der Waals surface area contributed by atoms with Crippen LogP contribution in [0.5, 0.6) is 0 Å². The molecule has 0 bridgehead atoms. The lowest BCUT2D eigenvalue weighted by Gasteiger charge is -2.26. The van der Waals surface area contributed by atoms with E-state index < -0.39 is 10.0 Å². The van der Waals surface area contributed by atoms with Crippen LogP contribution in [-0.2, 0) is 36.0 Å². The van der Waals surface area contributed by atoms with E-state index in [1.165, 1.54) is 17.1 Å². The fourth-order valence-corrected chi connectivity index (χ4v) is 5.69. The Bertz CT molecular complexity index is 1050. The van der Waals surface area contributed by atoms with E-state index in [0.717, 1.165) is 17.8 Å². The third-order valence-electron chi connectivity index (χ3n) is 6.27. The van der Waals surface area contributed by atoms with Gasteiger partial charge in [-0.3, -0.25) is 4.57 Å². The standard InChI is InChI=1S/C22H32N4O3S/c1-16(2)14-17-6-9-20(10-7-17)30(28,29)24(3)19-8-11-21-23-26(15-18-4-5-18)22(27)25(21)13-12-19/h6-7,9-10,16,18-19H,4-5,8,11-15H2,1-3H3. The highest BCUT2D eigenvalue weighted by Gasteiger charge is 2.31. The van der Waals surface area contributed by atoms with Crippen LogP contribution in [0.2, 0.25) is 0 Å².